The summed E-state index contributed by atoms with van der Waals surface area (Å²) in [5.74, 6) is 0.0956. The summed E-state index contributed by atoms with van der Waals surface area (Å²) in [5.41, 5.74) is 1.39. The maximum atomic E-state index is 12.0. The molecule has 2 N–H and O–H groups in total. The van der Waals surface area contributed by atoms with Gasteiger partial charge in [-0.05, 0) is 30.5 Å². The quantitative estimate of drug-likeness (QED) is 0.873. The van der Waals surface area contributed by atoms with Crippen LogP contribution in [-0.4, -0.2) is 38.3 Å². The second kappa shape index (κ2) is 6.34. The zero-order valence-electron chi connectivity index (χ0n) is 12.0. The first kappa shape index (κ1) is 14.8. The van der Waals surface area contributed by atoms with E-state index in [9.17, 15) is 4.79 Å². The molecule has 114 valence electrons. The molecule has 1 atom stereocenters. The van der Waals surface area contributed by atoms with Gasteiger partial charge in [-0.25, -0.2) is 0 Å². The lowest BCUT2D eigenvalue weighted by Crippen LogP contribution is -2.45. The number of ether oxygens (including phenoxy) is 1. The van der Waals surface area contributed by atoms with Crippen LogP contribution in [-0.2, 0) is 14.9 Å². The first-order chi connectivity index (χ1) is 10.2. The number of rotatable bonds is 5. The highest BCUT2D eigenvalue weighted by molar-refractivity contribution is 6.30. The Morgan fingerprint density at radius 2 is 2.14 bits per heavy atom. The first-order valence-corrected chi connectivity index (χ1v) is 7.90. The summed E-state index contributed by atoms with van der Waals surface area (Å²) in [7, 11) is 0. The highest BCUT2D eigenvalue weighted by atomic mass is 35.5. The lowest BCUT2D eigenvalue weighted by molar-refractivity contribution is -0.122. The topological polar surface area (TPSA) is 50.4 Å². The van der Waals surface area contributed by atoms with Crippen molar-refractivity contribution < 1.29 is 9.53 Å². The number of benzene rings is 1. The Morgan fingerprint density at radius 1 is 1.38 bits per heavy atom. The van der Waals surface area contributed by atoms with Crippen molar-refractivity contribution in [1.29, 1.82) is 0 Å². The van der Waals surface area contributed by atoms with Gasteiger partial charge < -0.3 is 15.4 Å². The monoisotopic (exact) mass is 308 g/mol. The molecule has 2 aliphatic rings. The molecule has 1 saturated carbocycles. The van der Waals surface area contributed by atoms with E-state index in [1.54, 1.807) is 0 Å². The van der Waals surface area contributed by atoms with Crippen molar-refractivity contribution in [3.63, 3.8) is 0 Å². The van der Waals surface area contributed by atoms with Gasteiger partial charge in [-0.3, -0.25) is 4.79 Å². The van der Waals surface area contributed by atoms with Crippen LogP contribution in [0.2, 0.25) is 5.02 Å². The van der Waals surface area contributed by atoms with E-state index in [1.807, 2.05) is 12.1 Å². The fraction of sp³-hybridized carbons (Fsp3) is 0.562. The van der Waals surface area contributed by atoms with E-state index in [0.717, 1.165) is 31.0 Å². The summed E-state index contributed by atoms with van der Waals surface area (Å²) in [6.07, 6.45) is 2.73. The zero-order valence-corrected chi connectivity index (χ0v) is 12.8. The number of nitrogens with one attached hydrogen (secondary N) is 2. The summed E-state index contributed by atoms with van der Waals surface area (Å²) in [6, 6.07) is 8.12. The first-order valence-electron chi connectivity index (χ1n) is 7.52. The molecule has 21 heavy (non-hydrogen) atoms. The van der Waals surface area contributed by atoms with E-state index in [4.69, 9.17) is 16.3 Å². The number of hydrogen-bond acceptors (Lipinski definition) is 3. The van der Waals surface area contributed by atoms with Crippen LogP contribution in [0.4, 0.5) is 0 Å². The molecule has 1 aliphatic carbocycles. The van der Waals surface area contributed by atoms with Gasteiger partial charge in [-0.2, -0.15) is 0 Å². The van der Waals surface area contributed by atoms with Crippen molar-refractivity contribution in [2.75, 3.05) is 26.3 Å². The summed E-state index contributed by atoms with van der Waals surface area (Å²) in [5, 5.41) is 7.13. The summed E-state index contributed by atoms with van der Waals surface area (Å²) >= 11 is 5.93. The molecule has 1 aromatic rings. The van der Waals surface area contributed by atoms with Crippen LogP contribution in [0.25, 0.3) is 0 Å². The van der Waals surface area contributed by atoms with Gasteiger partial charge in [0, 0.05) is 36.0 Å². The molecule has 1 aliphatic heterocycles. The van der Waals surface area contributed by atoms with Crippen LogP contribution < -0.4 is 10.6 Å². The van der Waals surface area contributed by atoms with E-state index in [-0.39, 0.29) is 17.4 Å². The van der Waals surface area contributed by atoms with E-state index in [1.165, 1.54) is 5.56 Å². The molecule has 1 aromatic carbocycles. The molecular weight excluding hydrogens is 288 g/mol. The molecule has 0 aromatic heterocycles. The van der Waals surface area contributed by atoms with Gasteiger partial charge in [-0.1, -0.05) is 23.7 Å². The van der Waals surface area contributed by atoms with Crippen molar-refractivity contribution >= 4 is 17.5 Å². The summed E-state index contributed by atoms with van der Waals surface area (Å²) in [6.45, 7) is 2.89. The maximum absolute atomic E-state index is 12.0. The van der Waals surface area contributed by atoms with Crippen LogP contribution in [0, 0.1) is 0 Å². The Labute approximate surface area is 130 Å². The number of carbonyl (C=O) groups is 1. The maximum Gasteiger partial charge on any atom is 0.221 e. The normalized spacial score (nSPS) is 23.6. The minimum atomic E-state index is 0.0956. The van der Waals surface area contributed by atoms with Gasteiger partial charge in [-0.15, -0.1) is 0 Å². The van der Waals surface area contributed by atoms with E-state index in [0.29, 0.717) is 19.6 Å². The minimum absolute atomic E-state index is 0.0956. The van der Waals surface area contributed by atoms with Gasteiger partial charge in [0.25, 0.3) is 0 Å². The third kappa shape index (κ3) is 3.76. The zero-order chi connectivity index (χ0) is 14.7. The molecule has 0 spiro atoms. The molecule has 1 heterocycles. The summed E-state index contributed by atoms with van der Waals surface area (Å²) < 4.78 is 5.37. The standard InChI is InChI=1S/C16H21ClN2O2/c17-13-3-1-12(2-4-13)16(5-6-16)11-19-15(20)9-14-10-21-8-7-18-14/h1-4,14,18H,5-11H2,(H,19,20). The smallest absolute Gasteiger partial charge is 0.221 e. The number of amides is 1. The van der Waals surface area contributed by atoms with E-state index in [2.05, 4.69) is 22.8 Å². The van der Waals surface area contributed by atoms with Crippen molar-refractivity contribution in [2.45, 2.75) is 30.7 Å². The molecule has 2 fully saturated rings. The number of halogens is 1. The molecular formula is C16H21ClN2O2. The SMILES string of the molecule is O=C(CC1COCCN1)NCC1(c2ccc(Cl)cc2)CC1. The average molecular weight is 309 g/mol. The average Bonchev–Trinajstić information content (AvgIpc) is 3.28. The number of hydrogen-bond donors (Lipinski definition) is 2. The van der Waals surface area contributed by atoms with Crippen LogP contribution in [0.5, 0.6) is 0 Å². The Bertz CT molecular complexity index is 494. The van der Waals surface area contributed by atoms with Gasteiger partial charge in [0.05, 0.1) is 13.2 Å². The summed E-state index contributed by atoms with van der Waals surface area (Å²) in [4.78, 5) is 12.0. The van der Waals surface area contributed by atoms with Gasteiger partial charge >= 0.3 is 0 Å². The number of morpholine rings is 1. The van der Waals surface area contributed by atoms with Crippen molar-refractivity contribution in [3.8, 4) is 0 Å². The molecule has 1 amide bonds. The van der Waals surface area contributed by atoms with Crippen molar-refractivity contribution in [3.05, 3.63) is 34.9 Å². The molecule has 3 rings (SSSR count). The van der Waals surface area contributed by atoms with Gasteiger partial charge in [0.15, 0.2) is 0 Å². The third-order valence-electron chi connectivity index (χ3n) is 4.36. The number of carbonyl (C=O) groups excluding carboxylic acids is 1. The Morgan fingerprint density at radius 3 is 2.76 bits per heavy atom. The predicted octanol–water partition coefficient (Wildman–Crippen LogP) is 1.87. The molecule has 0 radical (unpaired) electrons. The van der Waals surface area contributed by atoms with Gasteiger partial charge in [0.2, 0.25) is 5.91 Å². The van der Waals surface area contributed by atoms with Crippen LogP contribution in [0.3, 0.4) is 0 Å². The lowest BCUT2D eigenvalue weighted by Gasteiger charge is -2.24. The van der Waals surface area contributed by atoms with Crippen LogP contribution >= 0.6 is 11.6 Å². The Kier molecular flexibility index (Phi) is 4.48. The largest absolute Gasteiger partial charge is 0.378 e. The van der Waals surface area contributed by atoms with E-state index >= 15 is 0 Å². The van der Waals surface area contributed by atoms with Crippen molar-refractivity contribution in [1.82, 2.24) is 10.6 Å². The van der Waals surface area contributed by atoms with Crippen LogP contribution in [0.15, 0.2) is 24.3 Å². The predicted molar refractivity (Wildman–Crippen MR) is 82.6 cm³/mol. The van der Waals surface area contributed by atoms with Crippen LogP contribution in [0.1, 0.15) is 24.8 Å². The second-order valence-corrected chi connectivity index (χ2v) is 6.43. The Balaban J connectivity index is 1.50. The Hall–Kier alpha value is -1.10. The second-order valence-electron chi connectivity index (χ2n) is 5.99. The highest BCUT2D eigenvalue weighted by Gasteiger charge is 2.44. The molecule has 1 unspecified atom stereocenters. The fourth-order valence-corrected chi connectivity index (χ4v) is 2.96. The fourth-order valence-electron chi connectivity index (χ4n) is 2.84. The van der Waals surface area contributed by atoms with E-state index < -0.39 is 0 Å². The van der Waals surface area contributed by atoms with Crippen molar-refractivity contribution in [2.24, 2.45) is 0 Å². The molecule has 5 heteroatoms. The molecule has 1 saturated heterocycles. The third-order valence-corrected chi connectivity index (χ3v) is 4.62. The molecule has 4 nitrogen and oxygen atoms in total. The lowest BCUT2D eigenvalue weighted by atomic mass is 9.96. The van der Waals surface area contributed by atoms with Gasteiger partial charge in [0.1, 0.15) is 0 Å². The highest BCUT2D eigenvalue weighted by Crippen LogP contribution is 2.47. The minimum Gasteiger partial charge on any atom is -0.378 e. The molecule has 0 bridgehead atoms.